The topological polar surface area (TPSA) is 65.7 Å². The van der Waals surface area contributed by atoms with Crippen molar-refractivity contribution in [3.8, 4) is 22.6 Å². The number of ether oxygens (including phenoxy) is 2. The molecule has 1 aromatic heterocycles. The second-order valence-electron chi connectivity index (χ2n) is 6.58. The van der Waals surface area contributed by atoms with Crippen LogP contribution >= 0.6 is 15.9 Å². The van der Waals surface area contributed by atoms with Gasteiger partial charge in [-0.1, -0.05) is 40.2 Å². The third-order valence-corrected chi connectivity index (χ3v) is 5.21. The number of Topliss-reactive ketones (excluding diaryl/α,β-unsaturated/α-hetero) is 1. The van der Waals surface area contributed by atoms with Crippen LogP contribution in [0.25, 0.3) is 22.1 Å². The molecule has 0 atom stereocenters. The van der Waals surface area contributed by atoms with E-state index in [2.05, 4.69) is 15.9 Å². The number of hydrogen-bond acceptors (Lipinski definition) is 5. The molecule has 0 saturated heterocycles. The molecule has 0 amide bonds. The van der Waals surface area contributed by atoms with Crippen LogP contribution in [-0.4, -0.2) is 19.5 Å². The van der Waals surface area contributed by atoms with E-state index in [1.54, 1.807) is 61.7 Å². The van der Waals surface area contributed by atoms with Gasteiger partial charge in [0.05, 0.1) is 18.1 Å². The van der Waals surface area contributed by atoms with E-state index >= 15 is 0 Å². The van der Waals surface area contributed by atoms with Gasteiger partial charge in [0.25, 0.3) is 0 Å². The standard InChI is InChI=1S/C24H17BrO5/c1-28-18-8-4-15(5-9-18)21-13-30-23-12-19(10-11-20(23)24(21)27)29-14-22(26)16-2-6-17(25)7-3-16/h2-13H,14H2,1H3. The van der Waals surface area contributed by atoms with Crippen molar-refractivity contribution >= 4 is 32.7 Å². The Balaban J connectivity index is 1.55. The summed E-state index contributed by atoms with van der Waals surface area (Å²) in [7, 11) is 1.59. The van der Waals surface area contributed by atoms with E-state index in [1.165, 1.54) is 6.26 Å². The molecule has 4 rings (SSSR count). The predicted octanol–water partition coefficient (Wildman–Crippen LogP) is 5.49. The van der Waals surface area contributed by atoms with Crippen molar-refractivity contribution in [2.45, 2.75) is 0 Å². The van der Waals surface area contributed by atoms with Crippen LogP contribution in [0.5, 0.6) is 11.5 Å². The Bertz CT molecular complexity index is 1260. The van der Waals surface area contributed by atoms with Gasteiger partial charge in [0, 0.05) is 16.1 Å². The molecule has 0 saturated carbocycles. The molecule has 5 nitrogen and oxygen atoms in total. The second-order valence-corrected chi connectivity index (χ2v) is 7.50. The fourth-order valence-corrected chi connectivity index (χ4v) is 3.30. The first-order valence-electron chi connectivity index (χ1n) is 9.17. The van der Waals surface area contributed by atoms with Crippen molar-refractivity contribution < 1.29 is 18.7 Å². The summed E-state index contributed by atoms with van der Waals surface area (Å²) in [6, 6.07) is 19.2. The van der Waals surface area contributed by atoms with Crippen molar-refractivity contribution in [2.24, 2.45) is 0 Å². The highest BCUT2D eigenvalue weighted by molar-refractivity contribution is 9.10. The van der Waals surface area contributed by atoms with Crippen molar-refractivity contribution in [3.05, 3.63) is 93.3 Å². The summed E-state index contributed by atoms with van der Waals surface area (Å²) in [4.78, 5) is 25.2. The Labute approximate surface area is 181 Å². The lowest BCUT2D eigenvalue weighted by Gasteiger charge is -2.08. The number of ketones is 1. The number of benzene rings is 3. The molecule has 0 aliphatic rings. The van der Waals surface area contributed by atoms with Crippen LogP contribution < -0.4 is 14.9 Å². The molecule has 6 heteroatoms. The average molecular weight is 465 g/mol. The van der Waals surface area contributed by atoms with E-state index in [1.807, 2.05) is 12.1 Å². The van der Waals surface area contributed by atoms with Gasteiger partial charge < -0.3 is 13.9 Å². The van der Waals surface area contributed by atoms with Gasteiger partial charge in [0.2, 0.25) is 0 Å². The molecule has 30 heavy (non-hydrogen) atoms. The number of rotatable bonds is 6. The fraction of sp³-hybridized carbons (Fsp3) is 0.0833. The molecule has 0 spiro atoms. The van der Waals surface area contributed by atoms with E-state index in [0.717, 1.165) is 10.0 Å². The number of fused-ring (bicyclic) bond motifs is 1. The SMILES string of the molecule is COc1ccc(-c2coc3cc(OCC(=O)c4ccc(Br)cc4)ccc3c2=O)cc1. The van der Waals surface area contributed by atoms with Gasteiger partial charge in [0.15, 0.2) is 17.8 Å². The molecule has 1 heterocycles. The van der Waals surface area contributed by atoms with Crippen LogP contribution in [0.15, 0.2) is 86.7 Å². The Kier molecular flexibility index (Phi) is 5.68. The highest BCUT2D eigenvalue weighted by Crippen LogP contribution is 2.24. The number of carbonyl (C=O) groups excluding carboxylic acids is 1. The summed E-state index contributed by atoms with van der Waals surface area (Å²) in [5.41, 5.74) is 2.02. The predicted molar refractivity (Wildman–Crippen MR) is 118 cm³/mol. The minimum Gasteiger partial charge on any atom is -0.497 e. The molecule has 0 aliphatic carbocycles. The Morgan fingerprint density at radius 1 is 0.967 bits per heavy atom. The third kappa shape index (κ3) is 4.14. The van der Waals surface area contributed by atoms with Crippen molar-refractivity contribution in [1.82, 2.24) is 0 Å². The average Bonchev–Trinajstić information content (AvgIpc) is 2.78. The van der Waals surface area contributed by atoms with Crippen LogP contribution in [0.1, 0.15) is 10.4 Å². The first kappa shape index (κ1) is 19.9. The number of hydrogen-bond donors (Lipinski definition) is 0. The van der Waals surface area contributed by atoms with Crippen LogP contribution in [0.3, 0.4) is 0 Å². The fourth-order valence-electron chi connectivity index (χ4n) is 3.04. The summed E-state index contributed by atoms with van der Waals surface area (Å²) in [5, 5.41) is 0.440. The molecule has 0 unspecified atom stereocenters. The van der Waals surface area contributed by atoms with Crippen molar-refractivity contribution in [1.29, 1.82) is 0 Å². The molecule has 4 aromatic rings. The zero-order valence-corrected chi connectivity index (χ0v) is 17.6. The van der Waals surface area contributed by atoms with Crippen LogP contribution in [0, 0.1) is 0 Å². The van der Waals surface area contributed by atoms with Crippen LogP contribution in [-0.2, 0) is 0 Å². The quantitative estimate of drug-likeness (QED) is 0.352. The summed E-state index contributed by atoms with van der Waals surface area (Å²) >= 11 is 3.34. The number of carbonyl (C=O) groups is 1. The smallest absolute Gasteiger partial charge is 0.200 e. The largest absolute Gasteiger partial charge is 0.497 e. The molecule has 0 bridgehead atoms. The summed E-state index contributed by atoms with van der Waals surface area (Å²) in [5.74, 6) is 1.02. The van der Waals surface area contributed by atoms with Gasteiger partial charge >= 0.3 is 0 Å². The molecule has 0 aliphatic heterocycles. The van der Waals surface area contributed by atoms with E-state index in [-0.39, 0.29) is 17.8 Å². The second kappa shape index (κ2) is 8.55. The van der Waals surface area contributed by atoms with Crippen LogP contribution in [0.2, 0.25) is 0 Å². The number of halogens is 1. The Morgan fingerprint density at radius 3 is 2.37 bits per heavy atom. The van der Waals surface area contributed by atoms with Gasteiger partial charge in [-0.2, -0.15) is 0 Å². The summed E-state index contributed by atoms with van der Waals surface area (Å²) < 4.78 is 17.3. The third-order valence-electron chi connectivity index (χ3n) is 4.68. The van der Waals surface area contributed by atoms with Gasteiger partial charge in [0.1, 0.15) is 23.3 Å². The minimum absolute atomic E-state index is 0.110. The normalized spacial score (nSPS) is 10.7. The molecule has 3 aromatic carbocycles. The van der Waals surface area contributed by atoms with Gasteiger partial charge in [-0.05, 0) is 42.0 Å². The van der Waals surface area contributed by atoms with Crippen molar-refractivity contribution in [3.63, 3.8) is 0 Å². The van der Waals surface area contributed by atoms with E-state index in [9.17, 15) is 9.59 Å². The first-order chi connectivity index (χ1) is 14.5. The maximum atomic E-state index is 12.9. The summed E-state index contributed by atoms with van der Waals surface area (Å²) in [6.45, 7) is -0.110. The van der Waals surface area contributed by atoms with Gasteiger partial charge in [-0.15, -0.1) is 0 Å². The lowest BCUT2D eigenvalue weighted by Crippen LogP contribution is -2.11. The minimum atomic E-state index is -0.140. The number of methoxy groups -OCH3 is 1. The molecule has 0 N–H and O–H groups in total. The van der Waals surface area contributed by atoms with E-state index in [0.29, 0.717) is 33.6 Å². The Morgan fingerprint density at radius 2 is 1.67 bits per heavy atom. The van der Waals surface area contributed by atoms with Gasteiger partial charge in [-0.3, -0.25) is 9.59 Å². The molecule has 0 fully saturated rings. The first-order valence-corrected chi connectivity index (χ1v) is 9.96. The molecule has 150 valence electrons. The van der Waals surface area contributed by atoms with Crippen molar-refractivity contribution in [2.75, 3.05) is 13.7 Å². The highest BCUT2D eigenvalue weighted by Gasteiger charge is 2.12. The maximum Gasteiger partial charge on any atom is 0.200 e. The highest BCUT2D eigenvalue weighted by atomic mass is 79.9. The molecular weight excluding hydrogens is 448 g/mol. The van der Waals surface area contributed by atoms with E-state index < -0.39 is 0 Å². The Hall–Kier alpha value is -3.38. The van der Waals surface area contributed by atoms with Gasteiger partial charge in [-0.25, -0.2) is 0 Å². The zero-order chi connectivity index (χ0) is 21.1. The lowest BCUT2D eigenvalue weighted by molar-refractivity contribution is 0.0921. The zero-order valence-electron chi connectivity index (χ0n) is 16.1. The van der Waals surface area contributed by atoms with Crippen LogP contribution in [0.4, 0.5) is 0 Å². The van der Waals surface area contributed by atoms with E-state index in [4.69, 9.17) is 13.9 Å². The molecule has 0 radical (unpaired) electrons. The lowest BCUT2D eigenvalue weighted by atomic mass is 10.1. The summed E-state index contributed by atoms with van der Waals surface area (Å²) in [6.07, 6.45) is 1.43. The molecular formula is C24H17BrO5. The monoisotopic (exact) mass is 464 g/mol. The maximum absolute atomic E-state index is 12.9.